The maximum absolute atomic E-state index is 10.8. The third-order valence-corrected chi connectivity index (χ3v) is 3.59. The summed E-state index contributed by atoms with van der Waals surface area (Å²) >= 11 is 1.64. The number of likely N-dealkylation sites (N-methyl/N-ethyl adjacent to an activating group) is 1. The second-order valence-electron chi connectivity index (χ2n) is 4.19. The molecule has 94 valence electrons. The number of carbonyl (C=O) groups is 1. The van der Waals surface area contributed by atoms with Gasteiger partial charge in [-0.2, -0.15) is 11.8 Å². The van der Waals surface area contributed by atoms with E-state index >= 15 is 0 Å². The third-order valence-electron chi connectivity index (χ3n) is 2.48. The van der Waals surface area contributed by atoms with Gasteiger partial charge in [-0.25, -0.2) is 0 Å². The molecule has 1 unspecified atom stereocenters. The van der Waals surface area contributed by atoms with Crippen LogP contribution in [0.15, 0.2) is 18.2 Å². The summed E-state index contributed by atoms with van der Waals surface area (Å²) in [6.07, 6.45) is 0. The largest absolute Gasteiger partial charge is 0.480 e. The Labute approximate surface area is 107 Å². The summed E-state index contributed by atoms with van der Waals surface area (Å²) in [4.78, 5) is 10.8. The molecule has 4 heteroatoms. The van der Waals surface area contributed by atoms with Crippen molar-refractivity contribution in [3.8, 4) is 0 Å². The smallest absolute Gasteiger partial charge is 0.321 e. The minimum Gasteiger partial charge on any atom is -0.480 e. The average Bonchev–Trinajstić information content (AvgIpc) is 2.22. The summed E-state index contributed by atoms with van der Waals surface area (Å²) < 4.78 is 0. The van der Waals surface area contributed by atoms with Crippen molar-refractivity contribution in [2.24, 2.45) is 0 Å². The Balaban J connectivity index is 2.47. The molecule has 0 aliphatic heterocycles. The van der Waals surface area contributed by atoms with E-state index in [1.807, 2.05) is 0 Å². The van der Waals surface area contributed by atoms with Gasteiger partial charge in [0.2, 0.25) is 0 Å². The van der Waals surface area contributed by atoms with Crippen molar-refractivity contribution in [3.63, 3.8) is 0 Å². The Morgan fingerprint density at radius 2 is 1.94 bits per heavy atom. The topological polar surface area (TPSA) is 49.3 Å². The molecular formula is C13H19NO2S. The van der Waals surface area contributed by atoms with Crippen LogP contribution >= 0.6 is 11.8 Å². The van der Waals surface area contributed by atoms with Gasteiger partial charge in [-0.15, -0.1) is 0 Å². The monoisotopic (exact) mass is 253 g/mol. The molecule has 1 atom stereocenters. The van der Waals surface area contributed by atoms with Gasteiger partial charge in [0.05, 0.1) is 0 Å². The fourth-order valence-electron chi connectivity index (χ4n) is 1.73. The first kappa shape index (κ1) is 14.1. The second-order valence-corrected chi connectivity index (χ2v) is 5.22. The van der Waals surface area contributed by atoms with E-state index in [1.54, 1.807) is 18.8 Å². The Bertz CT molecular complexity index is 373. The van der Waals surface area contributed by atoms with Gasteiger partial charge in [0, 0.05) is 11.5 Å². The van der Waals surface area contributed by atoms with E-state index in [0.717, 1.165) is 5.75 Å². The molecule has 17 heavy (non-hydrogen) atoms. The van der Waals surface area contributed by atoms with Crippen LogP contribution in [0, 0.1) is 13.8 Å². The van der Waals surface area contributed by atoms with Crippen molar-refractivity contribution in [2.45, 2.75) is 25.6 Å². The number of aryl methyl sites for hydroxylation is 2. The lowest BCUT2D eigenvalue weighted by Gasteiger charge is -2.11. The zero-order valence-electron chi connectivity index (χ0n) is 10.5. The predicted molar refractivity (Wildman–Crippen MR) is 72.6 cm³/mol. The summed E-state index contributed by atoms with van der Waals surface area (Å²) in [6, 6.07) is 5.97. The summed E-state index contributed by atoms with van der Waals surface area (Å²) in [5.41, 5.74) is 3.76. The standard InChI is InChI=1S/C13H19NO2S/c1-9-4-10(2)6-11(5-9)7-17-8-12(14-3)13(15)16/h4-6,12,14H,7-8H2,1-3H3,(H,15,16). The lowest BCUT2D eigenvalue weighted by Crippen LogP contribution is -2.36. The molecule has 0 fully saturated rings. The minimum atomic E-state index is -0.791. The van der Waals surface area contributed by atoms with Crippen molar-refractivity contribution >= 4 is 17.7 Å². The Morgan fingerprint density at radius 1 is 1.35 bits per heavy atom. The molecule has 0 spiro atoms. The highest BCUT2D eigenvalue weighted by molar-refractivity contribution is 7.98. The summed E-state index contributed by atoms with van der Waals surface area (Å²) in [5.74, 6) is 0.646. The fraction of sp³-hybridized carbons (Fsp3) is 0.462. The lowest BCUT2D eigenvalue weighted by atomic mass is 10.1. The molecule has 0 heterocycles. The van der Waals surface area contributed by atoms with Crippen LogP contribution in [-0.2, 0) is 10.5 Å². The van der Waals surface area contributed by atoms with Crippen molar-refractivity contribution in [1.82, 2.24) is 5.32 Å². The minimum absolute atomic E-state index is 0.467. The van der Waals surface area contributed by atoms with Crippen molar-refractivity contribution in [3.05, 3.63) is 34.9 Å². The van der Waals surface area contributed by atoms with Crippen LogP contribution in [-0.4, -0.2) is 29.9 Å². The summed E-state index contributed by atoms with van der Waals surface area (Å²) in [6.45, 7) is 4.16. The molecule has 0 radical (unpaired) electrons. The average molecular weight is 253 g/mol. The molecule has 0 saturated carbocycles. The number of aliphatic carboxylic acids is 1. The van der Waals surface area contributed by atoms with E-state index < -0.39 is 12.0 Å². The van der Waals surface area contributed by atoms with Gasteiger partial charge in [-0.05, 0) is 26.5 Å². The van der Waals surface area contributed by atoms with Crippen LogP contribution in [0.2, 0.25) is 0 Å². The number of carboxylic acid groups (broad SMARTS) is 1. The number of hydrogen-bond acceptors (Lipinski definition) is 3. The Morgan fingerprint density at radius 3 is 2.41 bits per heavy atom. The first-order valence-electron chi connectivity index (χ1n) is 5.58. The van der Waals surface area contributed by atoms with Crippen LogP contribution in [0.3, 0.4) is 0 Å². The third kappa shape index (κ3) is 4.79. The van der Waals surface area contributed by atoms with Gasteiger partial charge in [0.25, 0.3) is 0 Å². The van der Waals surface area contributed by atoms with Gasteiger partial charge >= 0.3 is 5.97 Å². The number of rotatable bonds is 6. The molecule has 1 aromatic carbocycles. The van der Waals surface area contributed by atoms with Gasteiger partial charge < -0.3 is 10.4 Å². The van der Waals surface area contributed by atoms with E-state index in [4.69, 9.17) is 5.11 Å². The normalized spacial score (nSPS) is 12.4. The zero-order valence-corrected chi connectivity index (χ0v) is 11.3. The zero-order chi connectivity index (χ0) is 12.8. The fourth-order valence-corrected chi connectivity index (χ4v) is 2.79. The van der Waals surface area contributed by atoms with Crippen LogP contribution in [0.1, 0.15) is 16.7 Å². The number of thioether (sulfide) groups is 1. The molecule has 0 amide bonds. The molecule has 1 rings (SSSR count). The number of hydrogen-bond donors (Lipinski definition) is 2. The van der Waals surface area contributed by atoms with Crippen LogP contribution in [0.25, 0.3) is 0 Å². The highest BCUT2D eigenvalue weighted by atomic mass is 32.2. The van der Waals surface area contributed by atoms with Crippen molar-refractivity contribution < 1.29 is 9.90 Å². The second kappa shape index (κ2) is 6.67. The quantitative estimate of drug-likeness (QED) is 0.816. The highest BCUT2D eigenvalue weighted by Gasteiger charge is 2.14. The van der Waals surface area contributed by atoms with E-state index in [0.29, 0.717) is 5.75 Å². The predicted octanol–water partition coefficient (Wildman–Crippen LogP) is 2.21. The van der Waals surface area contributed by atoms with E-state index in [9.17, 15) is 4.79 Å². The number of nitrogens with one attached hydrogen (secondary N) is 1. The molecule has 2 N–H and O–H groups in total. The maximum atomic E-state index is 10.8. The van der Waals surface area contributed by atoms with Crippen molar-refractivity contribution in [1.29, 1.82) is 0 Å². The number of benzene rings is 1. The van der Waals surface area contributed by atoms with E-state index in [1.165, 1.54) is 16.7 Å². The SMILES string of the molecule is CNC(CSCc1cc(C)cc(C)c1)C(=O)O. The summed E-state index contributed by atoms with van der Waals surface area (Å²) in [7, 11) is 1.68. The summed E-state index contributed by atoms with van der Waals surface area (Å²) in [5, 5.41) is 11.7. The molecule has 0 aromatic heterocycles. The Hall–Kier alpha value is -1.00. The van der Waals surface area contributed by atoms with Gasteiger partial charge in [-0.1, -0.05) is 29.3 Å². The van der Waals surface area contributed by atoms with Gasteiger partial charge in [-0.3, -0.25) is 4.79 Å². The van der Waals surface area contributed by atoms with Gasteiger partial charge in [0.1, 0.15) is 6.04 Å². The number of carboxylic acids is 1. The molecule has 0 bridgehead atoms. The van der Waals surface area contributed by atoms with E-state index in [2.05, 4.69) is 37.4 Å². The van der Waals surface area contributed by atoms with Crippen molar-refractivity contribution in [2.75, 3.05) is 12.8 Å². The van der Waals surface area contributed by atoms with E-state index in [-0.39, 0.29) is 0 Å². The van der Waals surface area contributed by atoms with Crippen LogP contribution in [0.5, 0.6) is 0 Å². The van der Waals surface area contributed by atoms with Crippen LogP contribution in [0.4, 0.5) is 0 Å². The maximum Gasteiger partial charge on any atom is 0.321 e. The first-order valence-corrected chi connectivity index (χ1v) is 6.73. The first-order chi connectivity index (χ1) is 8.02. The molecule has 1 aromatic rings. The molecule has 0 saturated heterocycles. The van der Waals surface area contributed by atoms with Crippen LogP contribution < -0.4 is 5.32 Å². The molecule has 0 aliphatic rings. The lowest BCUT2D eigenvalue weighted by molar-refractivity contribution is -0.138. The molecular weight excluding hydrogens is 234 g/mol. The Kier molecular flexibility index (Phi) is 5.51. The molecule has 3 nitrogen and oxygen atoms in total. The highest BCUT2D eigenvalue weighted by Crippen LogP contribution is 2.16. The molecule has 0 aliphatic carbocycles. The van der Waals surface area contributed by atoms with Gasteiger partial charge in [0.15, 0.2) is 0 Å².